The van der Waals surface area contributed by atoms with Gasteiger partial charge in [0, 0.05) is 12.1 Å². The van der Waals surface area contributed by atoms with Crippen LogP contribution >= 0.6 is 11.8 Å². The maximum absolute atomic E-state index is 12.2. The van der Waals surface area contributed by atoms with Crippen LogP contribution in [0.1, 0.15) is 32.5 Å². The zero-order valence-corrected chi connectivity index (χ0v) is 13.6. The van der Waals surface area contributed by atoms with Gasteiger partial charge >= 0.3 is 0 Å². The summed E-state index contributed by atoms with van der Waals surface area (Å²) in [5, 5.41) is 11.3. The van der Waals surface area contributed by atoms with Gasteiger partial charge in [-0.3, -0.25) is 4.79 Å². The molecule has 7 heteroatoms. The average molecular weight is 319 g/mol. The van der Waals surface area contributed by atoms with Gasteiger partial charge in [-0.25, -0.2) is 4.68 Å². The van der Waals surface area contributed by atoms with Gasteiger partial charge in [0.2, 0.25) is 11.1 Å². The second-order valence-electron chi connectivity index (χ2n) is 4.99. The Hall–Kier alpha value is -2.02. The van der Waals surface area contributed by atoms with Crippen LogP contribution in [0.25, 0.3) is 0 Å². The van der Waals surface area contributed by atoms with Crippen LogP contribution in [0.4, 0.5) is 5.69 Å². The monoisotopic (exact) mass is 319 g/mol. The normalized spacial score (nSPS) is 12.1. The summed E-state index contributed by atoms with van der Waals surface area (Å²) in [6.45, 7) is 3.94. The Kier molecular flexibility index (Phi) is 5.83. The summed E-state index contributed by atoms with van der Waals surface area (Å²) < 4.78 is 1.48. The van der Waals surface area contributed by atoms with E-state index in [1.54, 1.807) is 0 Å². The number of nitrogen functional groups attached to an aromatic ring is 1. The number of nitrogens with zero attached hydrogens (tertiary/aromatic N) is 3. The van der Waals surface area contributed by atoms with Gasteiger partial charge in [0.25, 0.3) is 0 Å². The molecule has 0 saturated heterocycles. The maximum atomic E-state index is 12.2. The lowest BCUT2D eigenvalue weighted by molar-refractivity contribution is -0.115. The number of aromatic nitrogens is 3. The highest BCUT2D eigenvalue weighted by Crippen LogP contribution is 2.22. The van der Waals surface area contributed by atoms with Crippen molar-refractivity contribution in [3.63, 3.8) is 0 Å². The molecule has 1 heterocycles. The van der Waals surface area contributed by atoms with Gasteiger partial charge in [-0.15, -0.1) is 10.2 Å². The molecule has 1 atom stereocenters. The van der Waals surface area contributed by atoms with Gasteiger partial charge < -0.3 is 11.2 Å². The van der Waals surface area contributed by atoms with E-state index in [0.29, 0.717) is 5.16 Å². The van der Waals surface area contributed by atoms with Crippen LogP contribution in [-0.4, -0.2) is 26.0 Å². The summed E-state index contributed by atoms with van der Waals surface area (Å²) >= 11 is 1.30. The third-order valence-corrected chi connectivity index (χ3v) is 4.24. The molecule has 0 spiro atoms. The molecule has 0 aliphatic rings. The number of anilines is 1. The molecule has 1 aromatic heterocycles. The Morgan fingerprint density at radius 1 is 1.36 bits per heavy atom. The molecule has 0 saturated carbocycles. The molecule has 22 heavy (non-hydrogen) atoms. The minimum Gasteiger partial charge on any atom is -0.336 e. The number of benzene rings is 1. The van der Waals surface area contributed by atoms with E-state index in [0.717, 1.165) is 30.8 Å². The van der Waals surface area contributed by atoms with Gasteiger partial charge in [0.1, 0.15) is 0 Å². The Balaban J connectivity index is 1.95. The van der Waals surface area contributed by atoms with E-state index in [1.165, 1.54) is 16.4 Å². The number of nitrogens with one attached hydrogen (secondary N) is 1. The van der Waals surface area contributed by atoms with Crippen molar-refractivity contribution in [3.05, 3.63) is 36.2 Å². The van der Waals surface area contributed by atoms with E-state index < -0.39 is 0 Å². The molecule has 0 fully saturated rings. The molecule has 0 aliphatic heterocycles. The van der Waals surface area contributed by atoms with Crippen molar-refractivity contribution in [1.82, 2.24) is 14.9 Å². The number of nitrogens with two attached hydrogens (primary N) is 1. The van der Waals surface area contributed by atoms with Crippen LogP contribution in [0.5, 0.6) is 0 Å². The Bertz CT molecular complexity index is 614. The lowest BCUT2D eigenvalue weighted by Gasteiger charge is -2.11. The summed E-state index contributed by atoms with van der Waals surface area (Å²) in [4.78, 5) is 12.2. The fourth-order valence-electron chi connectivity index (χ4n) is 1.87. The number of unbranched alkanes of at least 4 members (excludes halogenated alkanes) is 1. The number of rotatable bonds is 7. The minimum atomic E-state index is -0.314. The van der Waals surface area contributed by atoms with E-state index in [2.05, 4.69) is 22.4 Å². The third kappa shape index (κ3) is 4.24. The summed E-state index contributed by atoms with van der Waals surface area (Å²) in [5.74, 6) is 6.65. The minimum absolute atomic E-state index is 0.0886. The highest BCUT2D eigenvalue weighted by molar-refractivity contribution is 8.00. The largest absolute Gasteiger partial charge is 0.336 e. The predicted molar refractivity (Wildman–Crippen MR) is 89.2 cm³/mol. The summed E-state index contributed by atoms with van der Waals surface area (Å²) in [5.41, 5.74) is 0.776. The number of hydrogen-bond donors (Lipinski definition) is 2. The van der Waals surface area contributed by atoms with E-state index >= 15 is 0 Å². The van der Waals surface area contributed by atoms with E-state index in [9.17, 15) is 4.79 Å². The number of carbonyl (C=O) groups is 1. The fourth-order valence-corrected chi connectivity index (χ4v) is 2.66. The van der Waals surface area contributed by atoms with Gasteiger partial charge in [-0.2, -0.15) is 0 Å². The number of carbonyl (C=O) groups excluding carboxylic acids is 1. The average Bonchev–Trinajstić information content (AvgIpc) is 2.86. The molecule has 6 nitrogen and oxygen atoms in total. The molecule has 0 bridgehead atoms. The van der Waals surface area contributed by atoms with Crippen molar-refractivity contribution in [3.8, 4) is 0 Å². The molecule has 0 unspecified atom stereocenters. The molecule has 118 valence electrons. The number of amides is 1. The fraction of sp³-hybridized carbons (Fsp3) is 0.400. The predicted octanol–water partition coefficient (Wildman–Crippen LogP) is 2.45. The highest BCUT2D eigenvalue weighted by Gasteiger charge is 2.19. The first-order valence-electron chi connectivity index (χ1n) is 7.33. The van der Waals surface area contributed by atoms with Gasteiger partial charge in [0.05, 0.1) is 5.25 Å². The van der Waals surface area contributed by atoms with Crippen LogP contribution in [0.15, 0.2) is 35.5 Å². The number of para-hydroxylation sites is 1. The summed E-state index contributed by atoms with van der Waals surface area (Å²) in [6.07, 6.45) is 2.89. The van der Waals surface area contributed by atoms with Crippen molar-refractivity contribution in [1.29, 1.82) is 0 Å². The molecule has 1 aromatic carbocycles. The van der Waals surface area contributed by atoms with Crippen molar-refractivity contribution >= 4 is 23.4 Å². The van der Waals surface area contributed by atoms with E-state index in [4.69, 9.17) is 5.84 Å². The van der Waals surface area contributed by atoms with Gasteiger partial charge in [0.15, 0.2) is 5.82 Å². The van der Waals surface area contributed by atoms with E-state index in [-0.39, 0.29) is 11.2 Å². The number of hydrogen-bond acceptors (Lipinski definition) is 5. The molecular weight excluding hydrogens is 298 g/mol. The van der Waals surface area contributed by atoms with Crippen LogP contribution in [0.3, 0.4) is 0 Å². The van der Waals surface area contributed by atoms with Crippen molar-refractivity contribution in [2.45, 2.75) is 43.5 Å². The summed E-state index contributed by atoms with van der Waals surface area (Å²) in [7, 11) is 0. The lowest BCUT2D eigenvalue weighted by Crippen LogP contribution is -2.23. The Labute approximate surface area is 134 Å². The molecule has 3 N–H and O–H groups in total. The second kappa shape index (κ2) is 7.84. The molecule has 2 rings (SSSR count). The first-order valence-corrected chi connectivity index (χ1v) is 8.21. The Morgan fingerprint density at radius 2 is 2.09 bits per heavy atom. The first kappa shape index (κ1) is 16.4. The highest BCUT2D eigenvalue weighted by atomic mass is 32.2. The maximum Gasteiger partial charge on any atom is 0.237 e. The first-order chi connectivity index (χ1) is 10.6. The molecule has 2 aromatic rings. The smallest absolute Gasteiger partial charge is 0.237 e. The van der Waals surface area contributed by atoms with Gasteiger partial charge in [-0.05, 0) is 25.5 Å². The number of aryl methyl sites for hydroxylation is 1. The van der Waals surface area contributed by atoms with Gasteiger partial charge in [-0.1, -0.05) is 43.3 Å². The molecule has 1 amide bonds. The van der Waals surface area contributed by atoms with Crippen molar-refractivity contribution in [2.24, 2.45) is 0 Å². The number of thioether (sulfide) groups is 1. The summed E-state index contributed by atoms with van der Waals surface area (Å²) in [6, 6.07) is 9.36. The third-order valence-electron chi connectivity index (χ3n) is 3.18. The lowest BCUT2D eigenvalue weighted by atomic mass is 10.2. The van der Waals surface area contributed by atoms with E-state index in [1.807, 2.05) is 37.3 Å². The molecular formula is C15H21N5OS. The SMILES string of the molecule is CCCCc1nnc(S[C@@H](C)C(=O)Nc2ccccc2)n1N. The van der Waals surface area contributed by atoms with Crippen molar-refractivity contribution in [2.75, 3.05) is 11.2 Å². The zero-order valence-electron chi connectivity index (χ0n) is 12.8. The van der Waals surface area contributed by atoms with Crippen LogP contribution in [-0.2, 0) is 11.2 Å². The Morgan fingerprint density at radius 3 is 2.77 bits per heavy atom. The molecule has 0 aliphatic carbocycles. The van der Waals surface area contributed by atoms with Crippen LogP contribution < -0.4 is 11.2 Å². The quantitative estimate of drug-likeness (QED) is 0.605. The standard InChI is InChI=1S/C15H21N5OS/c1-3-4-10-13-18-19-15(20(13)16)22-11(2)14(21)17-12-8-6-5-7-9-12/h5-9,11H,3-4,10,16H2,1-2H3,(H,17,21)/t11-/m0/s1. The molecule has 0 radical (unpaired) electrons. The van der Waals surface area contributed by atoms with Crippen LogP contribution in [0.2, 0.25) is 0 Å². The zero-order chi connectivity index (χ0) is 15.9. The second-order valence-corrected chi connectivity index (χ2v) is 6.30. The van der Waals surface area contributed by atoms with Crippen LogP contribution in [0, 0.1) is 0 Å². The topological polar surface area (TPSA) is 85.8 Å². The van der Waals surface area contributed by atoms with Crippen molar-refractivity contribution < 1.29 is 4.79 Å².